The quantitative estimate of drug-likeness (QED) is 0.534. The van der Waals surface area contributed by atoms with Crippen LogP contribution in [-0.2, 0) is 16.6 Å². The summed E-state index contributed by atoms with van der Waals surface area (Å²) in [5.41, 5.74) is 2.75. The fraction of sp³-hybridized carbons (Fsp3) is 0.211. The van der Waals surface area contributed by atoms with Gasteiger partial charge >= 0.3 is 0 Å². The zero-order valence-corrected chi connectivity index (χ0v) is 15.7. The summed E-state index contributed by atoms with van der Waals surface area (Å²) in [7, 11) is -2.39. The van der Waals surface area contributed by atoms with Crippen molar-refractivity contribution < 1.29 is 13.2 Å². The average molecular weight is 371 g/mol. The van der Waals surface area contributed by atoms with Crippen LogP contribution in [0.4, 0.5) is 0 Å². The standard InChI is InChI=1S/C19H21N3O3S/c1-4-22-13-15(16-7-5-6-8-17(16)22)12-20-21-26(23,24)19-11-14(2)9-10-18(19)25-3/h5-13,21H,4H2,1-3H3/b20-12+. The number of para-hydroxylation sites is 1. The molecule has 0 aliphatic carbocycles. The Kier molecular flexibility index (Phi) is 4.99. The summed E-state index contributed by atoms with van der Waals surface area (Å²) in [6, 6.07) is 12.9. The fourth-order valence-corrected chi connectivity index (χ4v) is 3.90. The van der Waals surface area contributed by atoms with Gasteiger partial charge in [0.05, 0.1) is 13.3 Å². The lowest BCUT2D eigenvalue weighted by molar-refractivity contribution is 0.402. The van der Waals surface area contributed by atoms with Gasteiger partial charge < -0.3 is 9.30 Å². The lowest BCUT2D eigenvalue weighted by Gasteiger charge is -2.09. The van der Waals surface area contributed by atoms with Crippen LogP contribution < -0.4 is 9.57 Å². The molecule has 0 aliphatic rings. The summed E-state index contributed by atoms with van der Waals surface area (Å²) in [6.07, 6.45) is 3.48. The van der Waals surface area contributed by atoms with Crippen molar-refractivity contribution in [2.45, 2.75) is 25.3 Å². The number of sulfonamides is 1. The molecule has 0 saturated carbocycles. The Morgan fingerprint density at radius 3 is 2.73 bits per heavy atom. The highest BCUT2D eigenvalue weighted by Gasteiger charge is 2.19. The molecule has 0 aliphatic heterocycles. The summed E-state index contributed by atoms with van der Waals surface area (Å²) in [5, 5.41) is 4.98. The van der Waals surface area contributed by atoms with Gasteiger partial charge in [0.1, 0.15) is 10.6 Å². The van der Waals surface area contributed by atoms with E-state index in [4.69, 9.17) is 4.74 Å². The van der Waals surface area contributed by atoms with Gasteiger partial charge in [0.15, 0.2) is 0 Å². The van der Waals surface area contributed by atoms with E-state index in [1.54, 1.807) is 18.2 Å². The van der Waals surface area contributed by atoms with Crippen molar-refractivity contribution in [2.75, 3.05) is 7.11 Å². The number of hydrazone groups is 1. The number of aryl methyl sites for hydroxylation is 2. The van der Waals surface area contributed by atoms with Crippen LogP contribution in [0.5, 0.6) is 5.75 Å². The molecule has 0 unspecified atom stereocenters. The number of methoxy groups -OCH3 is 1. The highest BCUT2D eigenvalue weighted by molar-refractivity contribution is 7.89. The zero-order chi connectivity index (χ0) is 18.7. The van der Waals surface area contributed by atoms with E-state index >= 15 is 0 Å². The molecule has 0 bridgehead atoms. The van der Waals surface area contributed by atoms with Crippen molar-refractivity contribution in [3.63, 3.8) is 0 Å². The summed E-state index contributed by atoms with van der Waals surface area (Å²) in [5.74, 6) is 0.279. The topological polar surface area (TPSA) is 72.7 Å². The first-order chi connectivity index (χ1) is 12.5. The van der Waals surface area contributed by atoms with Crippen molar-refractivity contribution >= 4 is 27.1 Å². The Balaban J connectivity index is 1.90. The molecule has 26 heavy (non-hydrogen) atoms. The summed E-state index contributed by atoms with van der Waals surface area (Å²) in [6.45, 7) is 4.70. The monoisotopic (exact) mass is 371 g/mol. The van der Waals surface area contributed by atoms with E-state index in [0.29, 0.717) is 0 Å². The molecule has 1 aromatic heterocycles. The minimum absolute atomic E-state index is 0.0631. The molecule has 0 spiro atoms. The van der Waals surface area contributed by atoms with Crippen LogP contribution in [0, 0.1) is 6.92 Å². The molecule has 136 valence electrons. The number of nitrogens with one attached hydrogen (secondary N) is 1. The maximum atomic E-state index is 12.6. The Labute approximate surface area is 153 Å². The van der Waals surface area contributed by atoms with Crippen LogP contribution in [0.15, 0.2) is 58.7 Å². The smallest absolute Gasteiger partial charge is 0.280 e. The van der Waals surface area contributed by atoms with Crippen molar-refractivity contribution in [1.82, 2.24) is 9.40 Å². The lowest BCUT2D eigenvalue weighted by atomic mass is 10.2. The van der Waals surface area contributed by atoms with Gasteiger partial charge in [-0.05, 0) is 37.6 Å². The van der Waals surface area contributed by atoms with Crippen LogP contribution in [0.2, 0.25) is 0 Å². The predicted molar refractivity (Wildman–Crippen MR) is 103 cm³/mol. The van der Waals surface area contributed by atoms with Crippen molar-refractivity contribution in [3.05, 3.63) is 59.8 Å². The number of hydrogen-bond acceptors (Lipinski definition) is 4. The fourth-order valence-electron chi connectivity index (χ4n) is 2.85. The first-order valence-electron chi connectivity index (χ1n) is 8.23. The minimum Gasteiger partial charge on any atom is -0.495 e. The molecule has 0 fully saturated rings. The van der Waals surface area contributed by atoms with Crippen LogP contribution in [-0.4, -0.2) is 26.3 Å². The third-order valence-electron chi connectivity index (χ3n) is 4.15. The van der Waals surface area contributed by atoms with Gasteiger partial charge in [-0.15, -0.1) is 0 Å². The maximum absolute atomic E-state index is 12.6. The predicted octanol–water partition coefficient (Wildman–Crippen LogP) is 3.29. The molecule has 0 radical (unpaired) electrons. The molecule has 0 saturated heterocycles. The Morgan fingerprint density at radius 1 is 1.23 bits per heavy atom. The van der Waals surface area contributed by atoms with E-state index in [9.17, 15) is 8.42 Å². The number of fused-ring (bicyclic) bond motifs is 1. The third-order valence-corrected chi connectivity index (χ3v) is 5.39. The van der Waals surface area contributed by atoms with E-state index in [1.807, 2.05) is 37.4 Å². The molecule has 7 heteroatoms. The Morgan fingerprint density at radius 2 is 2.00 bits per heavy atom. The van der Waals surface area contributed by atoms with E-state index in [0.717, 1.165) is 28.6 Å². The molecular weight excluding hydrogens is 350 g/mol. The molecule has 6 nitrogen and oxygen atoms in total. The summed E-state index contributed by atoms with van der Waals surface area (Å²) < 4.78 is 32.4. The third kappa shape index (κ3) is 3.43. The number of ether oxygens (including phenoxy) is 1. The van der Waals surface area contributed by atoms with Crippen LogP contribution in [0.25, 0.3) is 10.9 Å². The first-order valence-corrected chi connectivity index (χ1v) is 9.72. The van der Waals surface area contributed by atoms with Gasteiger partial charge in [-0.25, -0.2) is 0 Å². The van der Waals surface area contributed by atoms with Gasteiger partial charge in [0.2, 0.25) is 0 Å². The molecule has 1 heterocycles. The van der Waals surface area contributed by atoms with Crippen molar-refractivity contribution in [3.8, 4) is 5.75 Å². The van der Waals surface area contributed by atoms with Gasteiger partial charge in [-0.2, -0.15) is 18.4 Å². The van der Waals surface area contributed by atoms with Crippen molar-refractivity contribution in [2.24, 2.45) is 5.10 Å². The molecule has 3 aromatic rings. The second-order valence-corrected chi connectivity index (χ2v) is 7.52. The molecule has 0 atom stereocenters. The average Bonchev–Trinajstić information content (AvgIpc) is 3.00. The second kappa shape index (κ2) is 7.21. The van der Waals surface area contributed by atoms with E-state index in [1.165, 1.54) is 13.3 Å². The lowest BCUT2D eigenvalue weighted by Crippen LogP contribution is -2.19. The molecule has 2 aromatic carbocycles. The summed E-state index contributed by atoms with van der Waals surface area (Å²) >= 11 is 0. The molecule has 0 amide bonds. The number of rotatable bonds is 6. The first kappa shape index (κ1) is 18.0. The number of benzene rings is 2. The van der Waals surface area contributed by atoms with Crippen molar-refractivity contribution in [1.29, 1.82) is 0 Å². The second-order valence-electron chi connectivity index (χ2n) is 5.89. The number of aromatic nitrogens is 1. The maximum Gasteiger partial charge on any atom is 0.280 e. The molecular formula is C19H21N3O3S. The molecule has 1 N–H and O–H groups in total. The van der Waals surface area contributed by atoms with Gasteiger partial charge in [-0.1, -0.05) is 24.3 Å². The highest BCUT2D eigenvalue weighted by atomic mass is 32.2. The van der Waals surface area contributed by atoms with Gasteiger partial charge in [0.25, 0.3) is 10.0 Å². The van der Waals surface area contributed by atoms with E-state index in [-0.39, 0.29) is 10.6 Å². The van der Waals surface area contributed by atoms with E-state index in [2.05, 4.69) is 21.4 Å². The number of nitrogens with zero attached hydrogens (tertiary/aromatic N) is 2. The Hall–Kier alpha value is -2.80. The summed E-state index contributed by atoms with van der Waals surface area (Å²) in [4.78, 5) is 2.33. The van der Waals surface area contributed by atoms with Crippen LogP contribution in [0.1, 0.15) is 18.1 Å². The van der Waals surface area contributed by atoms with Gasteiger partial charge in [0, 0.05) is 29.2 Å². The van der Waals surface area contributed by atoms with Crippen LogP contribution in [0.3, 0.4) is 0 Å². The normalized spacial score (nSPS) is 12.0. The molecule has 3 rings (SSSR count). The van der Waals surface area contributed by atoms with Gasteiger partial charge in [-0.3, -0.25) is 0 Å². The minimum atomic E-state index is -3.83. The Bertz CT molecular complexity index is 1070. The SMILES string of the molecule is CCn1cc(/C=N/NS(=O)(=O)c2cc(C)ccc2OC)c2ccccc21. The highest BCUT2D eigenvalue weighted by Crippen LogP contribution is 2.24. The number of hydrogen-bond donors (Lipinski definition) is 1. The van der Waals surface area contributed by atoms with E-state index < -0.39 is 10.0 Å². The largest absolute Gasteiger partial charge is 0.495 e. The zero-order valence-electron chi connectivity index (χ0n) is 14.9. The van der Waals surface area contributed by atoms with Crippen LogP contribution >= 0.6 is 0 Å².